The van der Waals surface area contributed by atoms with Crippen LogP contribution in [0.4, 0.5) is 5.69 Å². The average molecular weight is 443 g/mol. The highest BCUT2D eigenvalue weighted by atomic mass is 16.5. The van der Waals surface area contributed by atoms with E-state index in [1.54, 1.807) is 18.2 Å². The van der Waals surface area contributed by atoms with Crippen molar-refractivity contribution in [3.05, 3.63) is 93.3 Å². The molecule has 33 heavy (non-hydrogen) atoms. The first-order chi connectivity index (χ1) is 15.8. The lowest BCUT2D eigenvalue weighted by atomic mass is 10.1. The van der Waals surface area contributed by atoms with Crippen molar-refractivity contribution in [2.45, 2.75) is 27.7 Å². The van der Waals surface area contributed by atoms with Gasteiger partial charge in [0.2, 0.25) is 11.2 Å². The second-order valence-corrected chi connectivity index (χ2v) is 8.11. The van der Waals surface area contributed by atoms with Crippen molar-refractivity contribution in [1.82, 2.24) is 0 Å². The Balaban J connectivity index is 1.47. The van der Waals surface area contributed by atoms with Crippen LogP contribution in [0, 0.1) is 27.7 Å². The van der Waals surface area contributed by atoms with Crippen molar-refractivity contribution in [2.75, 3.05) is 11.9 Å². The number of carbonyl (C=O) groups excluding carboxylic acids is 1. The van der Waals surface area contributed by atoms with Gasteiger partial charge in [-0.25, -0.2) is 0 Å². The fraction of sp³-hybridized carbons (Fsp3) is 0.185. The number of ether oxygens (including phenoxy) is 2. The Kier molecular flexibility index (Phi) is 6.18. The largest absolute Gasteiger partial charge is 0.484 e. The number of fused-ring (bicyclic) bond motifs is 1. The van der Waals surface area contributed by atoms with Gasteiger partial charge in [-0.15, -0.1) is 0 Å². The Morgan fingerprint density at radius 3 is 2.42 bits per heavy atom. The Hall–Kier alpha value is -4.06. The van der Waals surface area contributed by atoms with E-state index in [2.05, 4.69) is 5.32 Å². The Morgan fingerprint density at radius 1 is 0.879 bits per heavy atom. The third-order valence-electron chi connectivity index (χ3n) is 5.30. The molecule has 4 rings (SSSR count). The van der Waals surface area contributed by atoms with Gasteiger partial charge in [0, 0.05) is 11.8 Å². The highest BCUT2D eigenvalue weighted by Gasteiger charge is 2.12. The van der Waals surface area contributed by atoms with E-state index in [1.807, 2.05) is 64.1 Å². The van der Waals surface area contributed by atoms with E-state index < -0.39 is 0 Å². The molecule has 0 saturated heterocycles. The van der Waals surface area contributed by atoms with Gasteiger partial charge in [-0.2, -0.15) is 0 Å². The van der Waals surface area contributed by atoms with Crippen molar-refractivity contribution < 1.29 is 18.7 Å². The van der Waals surface area contributed by atoms with E-state index >= 15 is 0 Å². The lowest BCUT2D eigenvalue weighted by molar-refractivity contribution is -0.118. The van der Waals surface area contributed by atoms with Crippen LogP contribution in [0.25, 0.3) is 11.0 Å². The Morgan fingerprint density at radius 2 is 1.64 bits per heavy atom. The van der Waals surface area contributed by atoms with Crippen LogP contribution in [-0.2, 0) is 4.79 Å². The molecule has 0 unspecified atom stereocenters. The molecule has 6 heteroatoms. The van der Waals surface area contributed by atoms with Gasteiger partial charge < -0.3 is 19.2 Å². The van der Waals surface area contributed by atoms with Crippen LogP contribution in [0.2, 0.25) is 0 Å². The van der Waals surface area contributed by atoms with E-state index in [0.29, 0.717) is 22.5 Å². The number of anilines is 1. The molecular weight excluding hydrogens is 418 g/mol. The highest BCUT2D eigenvalue weighted by molar-refractivity contribution is 5.92. The molecule has 168 valence electrons. The molecular formula is C27H25NO5. The van der Waals surface area contributed by atoms with Gasteiger partial charge >= 0.3 is 0 Å². The van der Waals surface area contributed by atoms with E-state index in [4.69, 9.17) is 13.9 Å². The first kappa shape index (κ1) is 22.1. The highest BCUT2D eigenvalue weighted by Crippen LogP contribution is 2.27. The molecule has 0 bridgehead atoms. The van der Waals surface area contributed by atoms with Gasteiger partial charge in [-0.1, -0.05) is 29.8 Å². The number of carbonyl (C=O) groups is 1. The van der Waals surface area contributed by atoms with Crippen molar-refractivity contribution in [3.8, 4) is 17.2 Å². The maximum absolute atomic E-state index is 12.9. The number of benzene rings is 3. The predicted molar refractivity (Wildman–Crippen MR) is 129 cm³/mol. The zero-order valence-corrected chi connectivity index (χ0v) is 19.0. The first-order valence-electron chi connectivity index (χ1n) is 10.6. The van der Waals surface area contributed by atoms with Gasteiger partial charge in [0.25, 0.3) is 5.91 Å². The molecule has 0 saturated carbocycles. The molecule has 3 aromatic carbocycles. The van der Waals surface area contributed by atoms with Crippen LogP contribution in [0.1, 0.15) is 22.3 Å². The monoisotopic (exact) mass is 443 g/mol. The van der Waals surface area contributed by atoms with Crippen LogP contribution in [-0.4, -0.2) is 12.5 Å². The smallest absolute Gasteiger partial charge is 0.262 e. The molecule has 1 N–H and O–H groups in total. The summed E-state index contributed by atoms with van der Waals surface area (Å²) in [5.41, 5.74) is 4.87. The second-order valence-electron chi connectivity index (χ2n) is 8.11. The van der Waals surface area contributed by atoms with E-state index in [-0.39, 0.29) is 23.7 Å². The van der Waals surface area contributed by atoms with E-state index in [9.17, 15) is 9.59 Å². The zero-order valence-electron chi connectivity index (χ0n) is 19.0. The molecule has 0 aliphatic carbocycles. The van der Waals surface area contributed by atoms with Gasteiger partial charge in [-0.05, 0) is 68.7 Å². The molecule has 0 aliphatic heterocycles. The molecule has 0 fully saturated rings. The normalized spacial score (nSPS) is 10.8. The molecule has 1 heterocycles. The molecule has 1 aromatic heterocycles. The first-order valence-corrected chi connectivity index (χ1v) is 10.6. The number of rotatable bonds is 6. The third kappa shape index (κ3) is 5.06. The summed E-state index contributed by atoms with van der Waals surface area (Å²) in [6.45, 7) is 7.64. The second kappa shape index (κ2) is 9.20. The van der Waals surface area contributed by atoms with Crippen molar-refractivity contribution in [2.24, 2.45) is 0 Å². The summed E-state index contributed by atoms with van der Waals surface area (Å²) in [7, 11) is 0. The maximum Gasteiger partial charge on any atom is 0.262 e. The number of hydrogen-bond acceptors (Lipinski definition) is 5. The molecule has 6 nitrogen and oxygen atoms in total. The van der Waals surface area contributed by atoms with Crippen molar-refractivity contribution in [3.63, 3.8) is 0 Å². The van der Waals surface area contributed by atoms with Crippen LogP contribution >= 0.6 is 0 Å². The molecule has 0 atom stereocenters. The average Bonchev–Trinajstić information content (AvgIpc) is 2.78. The van der Waals surface area contributed by atoms with Gasteiger partial charge in [-0.3, -0.25) is 9.59 Å². The van der Waals surface area contributed by atoms with Gasteiger partial charge in [0.15, 0.2) is 6.61 Å². The lowest BCUT2D eigenvalue weighted by Gasteiger charge is -2.11. The Labute approximate surface area is 191 Å². The fourth-order valence-electron chi connectivity index (χ4n) is 3.48. The van der Waals surface area contributed by atoms with Crippen LogP contribution in [0.5, 0.6) is 17.2 Å². The third-order valence-corrected chi connectivity index (χ3v) is 5.30. The van der Waals surface area contributed by atoms with Crippen LogP contribution in [0.3, 0.4) is 0 Å². The summed E-state index contributed by atoms with van der Waals surface area (Å²) >= 11 is 0. The Bertz CT molecular complexity index is 1400. The van der Waals surface area contributed by atoms with Crippen molar-refractivity contribution in [1.29, 1.82) is 0 Å². The quantitative estimate of drug-likeness (QED) is 0.405. The van der Waals surface area contributed by atoms with Crippen LogP contribution < -0.4 is 20.2 Å². The number of aryl methyl sites for hydroxylation is 4. The molecule has 0 aliphatic rings. The number of hydrogen-bond donors (Lipinski definition) is 1. The molecule has 0 spiro atoms. The minimum atomic E-state index is -0.281. The van der Waals surface area contributed by atoms with Gasteiger partial charge in [0.05, 0.1) is 5.39 Å². The maximum atomic E-state index is 12.9. The summed E-state index contributed by atoms with van der Waals surface area (Å²) < 4.78 is 17.1. The van der Waals surface area contributed by atoms with Crippen molar-refractivity contribution >= 4 is 22.6 Å². The molecule has 4 aromatic rings. The topological polar surface area (TPSA) is 77.8 Å². The van der Waals surface area contributed by atoms with Gasteiger partial charge in [0.1, 0.15) is 23.3 Å². The predicted octanol–water partition coefficient (Wildman–Crippen LogP) is 5.84. The summed E-state index contributed by atoms with van der Waals surface area (Å²) in [6, 6.07) is 16.4. The van der Waals surface area contributed by atoms with E-state index in [1.165, 1.54) is 6.26 Å². The summed E-state index contributed by atoms with van der Waals surface area (Å²) in [6.07, 6.45) is 1.29. The molecule has 0 radical (unpaired) electrons. The summed E-state index contributed by atoms with van der Waals surface area (Å²) in [5, 5.41) is 3.20. The lowest BCUT2D eigenvalue weighted by Crippen LogP contribution is -2.20. The van der Waals surface area contributed by atoms with Crippen LogP contribution in [0.15, 0.2) is 70.1 Å². The summed E-state index contributed by atoms with van der Waals surface area (Å²) in [5.74, 6) is 0.861. The zero-order chi connectivity index (χ0) is 23.5. The fourth-order valence-corrected chi connectivity index (χ4v) is 3.48. The molecule has 1 amide bonds. The number of nitrogens with one attached hydrogen (secondary N) is 1. The standard InChI is InChI=1S/C27H25NO5/c1-16-6-10-22(19(4)11-16)28-26(29)15-31-20-8-9-21-24(13-20)32-14-25(27(21)30)33-23-12-17(2)5-7-18(23)3/h5-14H,15H2,1-4H3,(H,28,29). The van der Waals surface area contributed by atoms with E-state index in [0.717, 1.165) is 27.9 Å². The summed E-state index contributed by atoms with van der Waals surface area (Å²) in [4.78, 5) is 25.2. The number of amides is 1. The minimum absolute atomic E-state index is 0.109. The SMILES string of the molecule is Cc1ccc(NC(=O)COc2ccc3c(=O)c(Oc4cc(C)ccc4C)coc3c2)c(C)c1. The minimum Gasteiger partial charge on any atom is -0.484 e.